The highest BCUT2D eigenvalue weighted by atomic mass is 32.1. The van der Waals surface area contributed by atoms with Crippen molar-refractivity contribution in [3.05, 3.63) is 52.7 Å². The Hall–Kier alpha value is -1.98. The number of thiazole rings is 1. The fourth-order valence-electron chi connectivity index (χ4n) is 1.94. The molecule has 2 aromatic heterocycles. The number of aromatic nitrogens is 1. The zero-order chi connectivity index (χ0) is 13.9. The molecule has 0 spiro atoms. The summed E-state index contributed by atoms with van der Waals surface area (Å²) in [5.41, 5.74) is 1.74. The van der Waals surface area contributed by atoms with Crippen molar-refractivity contribution in [3.63, 3.8) is 0 Å². The van der Waals surface area contributed by atoms with E-state index in [1.165, 1.54) is 11.3 Å². The smallest absolute Gasteiger partial charge is 0.308 e. The summed E-state index contributed by atoms with van der Waals surface area (Å²) in [7, 11) is 0. The van der Waals surface area contributed by atoms with E-state index in [-0.39, 0.29) is 6.42 Å². The van der Waals surface area contributed by atoms with Gasteiger partial charge in [0.15, 0.2) is 0 Å². The number of aliphatic carboxylic acids is 1. The second kappa shape index (κ2) is 5.56. The van der Waals surface area contributed by atoms with Crippen LogP contribution in [-0.4, -0.2) is 16.1 Å². The first kappa shape index (κ1) is 13.0. The van der Waals surface area contributed by atoms with E-state index < -0.39 is 5.97 Å². The van der Waals surface area contributed by atoms with E-state index in [1.54, 1.807) is 11.3 Å². The van der Waals surface area contributed by atoms with Gasteiger partial charge in [0, 0.05) is 10.4 Å². The van der Waals surface area contributed by atoms with Crippen molar-refractivity contribution in [2.75, 3.05) is 0 Å². The Labute approximate surface area is 124 Å². The summed E-state index contributed by atoms with van der Waals surface area (Å²) in [6, 6.07) is 13.7. The number of carbonyl (C=O) groups is 1. The first-order chi connectivity index (χ1) is 9.74. The van der Waals surface area contributed by atoms with Crippen LogP contribution in [0.25, 0.3) is 21.1 Å². The van der Waals surface area contributed by atoms with Crippen molar-refractivity contribution in [2.45, 2.75) is 6.42 Å². The number of rotatable bonds is 4. The molecule has 0 bridgehead atoms. The molecule has 0 saturated carbocycles. The quantitative estimate of drug-likeness (QED) is 0.787. The van der Waals surface area contributed by atoms with Gasteiger partial charge in [0.05, 0.1) is 17.0 Å². The Bertz CT molecular complexity index is 718. The van der Waals surface area contributed by atoms with Gasteiger partial charge in [-0.25, -0.2) is 4.98 Å². The molecule has 5 heteroatoms. The van der Waals surface area contributed by atoms with Crippen LogP contribution in [0, 0.1) is 0 Å². The van der Waals surface area contributed by atoms with Gasteiger partial charge in [-0.1, -0.05) is 36.4 Å². The Balaban J connectivity index is 2.09. The van der Waals surface area contributed by atoms with Crippen LogP contribution in [-0.2, 0) is 11.2 Å². The Morgan fingerprint density at radius 2 is 1.95 bits per heavy atom. The molecule has 0 amide bonds. The Morgan fingerprint density at radius 3 is 2.60 bits per heavy atom. The summed E-state index contributed by atoms with van der Waals surface area (Å²) in [4.78, 5) is 17.5. The van der Waals surface area contributed by atoms with Gasteiger partial charge in [0.25, 0.3) is 0 Å². The zero-order valence-electron chi connectivity index (χ0n) is 10.4. The minimum atomic E-state index is -0.830. The maximum Gasteiger partial charge on any atom is 0.308 e. The molecule has 3 aromatic rings. The van der Waals surface area contributed by atoms with Crippen LogP contribution in [0.1, 0.15) is 4.88 Å². The molecule has 0 aliphatic heterocycles. The molecule has 1 aromatic carbocycles. The average Bonchev–Trinajstić information content (AvgIpc) is 3.08. The third-order valence-electron chi connectivity index (χ3n) is 2.79. The van der Waals surface area contributed by atoms with Crippen molar-refractivity contribution in [1.82, 2.24) is 4.98 Å². The highest BCUT2D eigenvalue weighted by molar-refractivity contribution is 7.21. The van der Waals surface area contributed by atoms with Gasteiger partial charge in [0.1, 0.15) is 5.01 Å². The molecule has 0 aliphatic rings. The fourth-order valence-corrected chi connectivity index (χ4v) is 3.81. The van der Waals surface area contributed by atoms with Crippen LogP contribution in [0.3, 0.4) is 0 Å². The molecule has 0 saturated heterocycles. The summed E-state index contributed by atoms with van der Waals surface area (Å²) in [5.74, 6) is -0.830. The van der Waals surface area contributed by atoms with Crippen LogP contribution in [0.4, 0.5) is 0 Å². The monoisotopic (exact) mass is 301 g/mol. The van der Waals surface area contributed by atoms with Gasteiger partial charge in [-0.3, -0.25) is 4.79 Å². The SMILES string of the molecule is O=C(O)Cc1sc(-c2cccs2)nc1-c1ccccc1. The minimum Gasteiger partial charge on any atom is -0.481 e. The van der Waals surface area contributed by atoms with Gasteiger partial charge in [-0.05, 0) is 11.4 Å². The predicted molar refractivity (Wildman–Crippen MR) is 82.2 cm³/mol. The number of benzene rings is 1. The van der Waals surface area contributed by atoms with Gasteiger partial charge >= 0.3 is 5.97 Å². The lowest BCUT2D eigenvalue weighted by molar-refractivity contribution is -0.136. The van der Waals surface area contributed by atoms with E-state index in [9.17, 15) is 4.79 Å². The Kier molecular flexibility index (Phi) is 3.62. The number of hydrogen-bond donors (Lipinski definition) is 1. The normalized spacial score (nSPS) is 10.6. The van der Waals surface area contributed by atoms with Gasteiger partial charge < -0.3 is 5.11 Å². The van der Waals surface area contributed by atoms with E-state index in [0.29, 0.717) is 0 Å². The average molecular weight is 301 g/mol. The number of carboxylic acid groups (broad SMARTS) is 1. The number of hydrogen-bond acceptors (Lipinski definition) is 4. The predicted octanol–water partition coefficient (Wildman–Crippen LogP) is 4.17. The van der Waals surface area contributed by atoms with Crippen molar-refractivity contribution >= 4 is 28.6 Å². The maximum atomic E-state index is 11.0. The molecule has 20 heavy (non-hydrogen) atoms. The molecule has 100 valence electrons. The molecule has 0 aliphatic carbocycles. The highest BCUT2D eigenvalue weighted by Gasteiger charge is 2.16. The zero-order valence-corrected chi connectivity index (χ0v) is 12.1. The van der Waals surface area contributed by atoms with E-state index >= 15 is 0 Å². The van der Waals surface area contributed by atoms with Gasteiger partial charge in [0.2, 0.25) is 0 Å². The standard InChI is InChI=1S/C15H11NO2S2/c17-13(18)9-12-14(10-5-2-1-3-6-10)16-15(20-12)11-7-4-8-19-11/h1-8H,9H2,(H,17,18). The second-order valence-corrected chi connectivity index (χ2v) is 6.24. The number of nitrogens with zero attached hydrogens (tertiary/aromatic N) is 1. The van der Waals surface area contributed by atoms with E-state index in [0.717, 1.165) is 26.0 Å². The topological polar surface area (TPSA) is 50.2 Å². The second-order valence-electron chi connectivity index (χ2n) is 4.20. The Morgan fingerprint density at radius 1 is 1.15 bits per heavy atom. The molecule has 3 nitrogen and oxygen atoms in total. The lowest BCUT2D eigenvalue weighted by Gasteiger charge is -1.99. The van der Waals surface area contributed by atoms with Crippen molar-refractivity contribution in [2.24, 2.45) is 0 Å². The third-order valence-corrected chi connectivity index (χ3v) is 4.88. The lowest BCUT2D eigenvalue weighted by Crippen LogP contribution is -1.99. The van der Waals surface area contributed by atoms with Crippen molar-refractivity contribution in [1.29, 1.82) is 0 Å². The third kappa shape index (κ3) is 2.64. The molecule has 0 unspecified atom stereocenters. The van der Waals surface area contributed by atoms with Crippen molar-refractivity contribution < 1.29 is 9.90 Å². The van der Waals surface area contributed by atoms with Crippen molar-refractivity contribution in [3.8, 4) is 21.1 Å². The molecule has 0 radical (unpaired) electrons. The largest absolute Gasteiger partial charge is 0.481 e. The lowest BCUT2D eigenvalue weighted by atomic mass is 10.1. The molecule has 2 heterocycles. The van der Waals surface area contributed by atoms with Crippen LogP contribution in [0.15, 0.2) is 47.8 Å². The maximum absolute atomic E-state index is 11.0. The molecule has 0 fully saturated rings. The number of carboxylic acids is 1. The first-order valence-electron chi connectivity index (χ1n) is 6.05. The molecular formula is C15H11NO2S2. The van der Waals surface area contributed by atoms with Crippen LogP contribution >= 0.6 is 22.7 Å². The first-order valence-corrected chi connectivity index (χ1v) is 7.74. The molecule has 3 rings (SSSR count). The van der Waals surface area contributed by atoms with Crippen LogP contribution in [0.2, 0.25) is 0 Å². The van der Waals surface area contributed by atoms with Crippen LogP contribution < -0.4 is 0 Å². The number of thiophene rings is 1. The summed E-state index contributed by atoms with van der Waals surface area (Å²) >= 11 is 3.07. The van der Waals surface area contributed by atoms with E-state index in [2.05, 4.69) is 4.98 Å². The fraction of sp³-hybridized carbons (Fsp3) is 0.0667. The van der Waals surface area contributed by atoms with E-state index in [1.807, 2.05) is 47.8 Å². The van der Waals surface area contributed by atoms with Gasteiger partial charge in [-0.2, -0.15) is 0 Å². The minimum absolute atomic E-state index is 0.00721. The molecular weight excluding hydrogens is 290 g/mol. The molecule has 0 atom stereocenters. The summed E-state index contributed by atoms with van der Waals surface area (Å²) in [6.07, 6.45) is 0.00721. The summed E-state index contributed by atoms with van der Waals surface area (Å²) in [5, 5.41) is 11.9. The van der Waals surface area contributed by atoms with Gasteiger partial charge in [-0.15, -0.1) is 22.7 Å². The van der Waals surface area contributed by atoms with Crippen LogP contribution in [0.5, 0.6) is 0 Å². The summed E-state index contributed by atoms with van der Waals surface area (Å²) < 4.78 is 0. The molecule has 1 N–H and O–H groups in total. The summed E-state index contributed by atoms with van der Waals surface area (Å²) in [6.45, 7) is 0. The highest BCUT2D eigenvalue weighted by Crippen LogP contribution is 2.35. The van der Waals surface area contributed by atoms with E-state index in [4.69, 9.17) is 5.11 Å².